The van der Waals surface area contributed by atoms with Crippen molar-refractivity contribution >= 4 is 11.6 Å². The highest BCUT2D eigenvalue weighted by Crippen LogP contribution is 2.18. The number of nitrogens with zero attached hydrogens (tertiary/aromatic N) is 7. The van der Waals surface area contributed by atoms with Crippen LogP contribution in [0.4, 0.5) is 11.6 Å². The first kappa shape index (κ1) is 15.7. The highest BCUT2D eigenvalue weighted by molar-refractivity contribution is 5.49. The fourth-order valence-corrected chi connectivity index (χ4v) is 2.83. The summed E-state index contributed by atoms with van der Waals surface area (Å²) >= 11 is 0. The molecular weight excluding hydrogens is 290 g/mol. The van der Waals surface area contributed by atoms with E-state index in [1.54, 1.807) is 6.33 Å². The molecule has 1 fully saturated rings. The van der Waals surface area contributed by atoms with Gasteiger partial charge >= 0.3 is 0 Å². The van der Waals surface area contributed by atoms with Crippen LogP contribution in [0.3, 0.4) is 0 Å². The van der Waals surface area contributed by atoms with Crippen LogP contribution >= 0.6 is 0 Å². The lowest BCUT2D eigenvalue weighted by molar-refractivity contribution is 0.246. The summed E-state index contributed by atoms with van der Waals surface area (Å²) in [5.74, 6) is 1.96. The van der Waals surface area contributed by atoms with Gasteiger partial charge in [-0.1, -0.05) is 0 Å². The molecule has 2 aromatic rings. The van der Waals surface area contributed by atoms with Gasteiger partial charge in [0.25, 0.3) is 0 Å². The Balaban J connectivity index is 1.59. The molecule has 3 rings (SSSR count). The van der Waals surface area contributed by atoms with Crippen LogP contribution in [-0.2, 0) is 13.6 Å². The molecule has 1 aliphatic heterocycles. The van der Waals surface area contributed by atoms with Gasteiger partial charge in [0.05, 0.1) is 5.69 Å². The summed E-state index contributed by atoms with van der Waals surface area (Å²) in [6.07, 6.45) is 1.65. The van der Waals surface area contributed by atoms with Crippen molar-refractivity contribution in [3.63, 3.8) is 0 Å². The maximum Gasteiger partial charge on any atom is 0.134 e. The van der Waals surface area contributed by atoms with Crippen LogP contribution in [0.5, 0.6) is 0 Å². The third-order valence-electron chi connectivity index (χ3n) is 4.34. The predicted molar refractivity (Wildman–Crippen MR) is 91.8 cm³/mol. The smallest absolute Gasteiger partial charge is 0.134 e. The number of aryl methyl sites for hydroxylation is 2. The number of rotatable bonds is 4. The molecule has 3 heterocycles. The summed E-state index contributed by atoms with van der Waals surface area (Å²) in [4.78, 5) is 15.5. The SMILES string of the molecule is Cc1cc(CN2CCN(c3cc(N(C)C)ncn3)CC2)nn1C. The summed E-state index contributed by atoms with van der Waals surface area (Å²) in [6.45, 7) is 7.02. The van der Waals surface area contributed by atoms with Gasteiger partial charge in [0.2, 0.25) is 0 Å². The Morgan fingerprint density at radius 3 is 2.43 bits per heavy atom. The average Bonchev–Trinajstić information content (AvgIpc) is 2.86. The van der Waals surface area contributed by atoms with Gasteiger partial charge in [-0.25, -0.2) is 9.97 Å². The minimum Gasteiger partial charge on any atom is -0.363 e. The molecule has 7 heteroatoms. The molecule has 1 saturated heterocycles. The molecule has 23 heavy (non-hydrogen) atoms. The molecule has 0 unspecified atom stereocenters. The first-order valence-corrected chi connectivity index (χ1v) is 7.99. The maximum atomic E-state index is 4.55. The van der Waals surface area contributed by atoms with Gasteiger partial charge in [0, 0.05) is 65.6 Å². The summed E-state index contributed by atoms with van der Waals surface area (Å²) in [5, 5.41) is 4.55. The minimum atomic E-state index is 0.919. The second kappa shape index (κ2) is 6.54. The Kier molecular flexibility index (Phi) is 4.47. The Morgan fingerprint density at radius 1 is 1.09 bits per heavy atom. The number of anilines is 2. The minimum absolute atomic E-state index is 0.919. The van der Waals surface area contributed by atoms with Crippen LogP contribution in [-0.4, -0.2) is 64.9 Å². The van der Waals surface area contributed by atoms with Crippen LogP contribution < -0.4 is 9.80 Å². The Labute approximate surface area is 137 Å². The highest BCUT2D eigenvalue weighted by atomic mass is 15.3. The molecule has 0 atom stereocenters. The largest absolute Gasteiger partial charge is 0.363 e. The van der Waals surface area contributed by atoms with Crippen molar-refractivity contribution < 1.29 is 0 Å². The molecular formula is C16H25N7. The lowest BCUT2D eigenvalue weighted by Crippen LogP contribution is -2.46. The number of hydrogen-bond donors (Lipinski definition) is 0. The average molecular weight is 315 g/mol. The monoisotopic (exact) mass is 315 g/mol. The van der Waals surface area contributed by atoms with E-state index in [1.165, 1.54) is 5.69 Å². The summed E-state index contributed by atoms with van der Waals surface area (Å²) in [6, 6.07) is 4.22. The van der Waals surface area contributed by atoms with Crippen molar-refractivity contribution in [2.45, 2.75) is 13.5 Å². The lowest BCUT2D eigenvalue weighted by Gasteiger charge is -2.35. The zero-order valence-electron chi connectivity index (χ0n) is 14.4. The normalized spacial score (nSPS) is 15.9. The van der Waals surface area contributed by atoms with Crippen molar-refractivity contribution in [1.29, 1.82) is 0 Å². The van der Waals surface area contributed by atoms with E-state index in [-0.39, 0.29) is 0 Å². The number of piperazine rings is 1. The van der Waals surface area contributed by atoms with E-state index in [9.17, 15) is 0 Å². The second-order valence-electron chi connectivity index (χ2n) is 6.29. The fourth-order valence-electron chi connectivity index (χ4n) is 2.83. The highest BCUT2D eigenvalue weighted by Gasteiger charge is 2.19. The van der Waals surface area contributed by atoms with E-state index >= 15 is 0 Å². The molecule has 2 aromatic heterocycles. The summed E-state index contributed by atoms with van der Waals surface area (Å²) < 4.78 is 1.94. The molecule has 0 bridgehead atoms. The Morgan fingerprint density at radius 2 is 1.83 bits per heavy atom. The molecule has 1 aliphatic rings. The van der Waals surface area contributed by atoms with Crippen LogP contribution in [0.1, 0.15) is 11.4 Å². The molecule has 0 saturated carbocycles. The van der Waals surface area contributed by atoms with E-state index in [2.05, 4.69) is 43.9 Å². The molecule has 0 aromatic carbocycles. The van der Waals surface area contributed by atoms with Crippen molar-refractivity contribution in [2.24, 2.45) is 7.05 Å². The van der Waals surface area contributed by atoms with Gasteiger partial charge in [0.15, 0.2) is 0 Å². The third kappa shape index (κ3) is 3.61. The second-order valence-corrected chi connectivity index (χ2v) is 6.29. The molecule has 0 amide bonds. The molecule has 7 nitrogen and oxygen atoms in total. The van der Waals surface area contributed by atoms with E-state index in [1.807, 2.05) is 30.7 Å². The van der Waals surface area contributed by atoms with Crippen molar-refractivity contribution in [3.8, 4) is 0 Å². The van der Waals surface area contributed by atoms with E-state index in [0.717, 1.165) is 50.1 Å². The van der Waals surface area contributed by atoms with Crippen LogP contribution in [0.25, 0.3) is 0 Å². The summed E-state index contributed by atoms with van der Waals surface area (Å²) in [5.41, 5.74) is 2.35. The molecule has 0 N–H and O–H groups in total. The van der Waals surface area contributed by atoms with Gasteiger partial charge in [-0.3, -0.25) is 9.58 Å². The van der Waals surface area contributed by atoms with E-state index in [0.29, 0.717) is 0 Å². The Bertz CT molecular complexity index is 637. The molecule has 0 aliphatic carbocycles. The summed E-state index contributed by atoms with van der Waals surface area (Å²) in [7, 11) is 5.99. The van der Waals surface area contributed by atoms with Gasteiger partial charge in [-0.15, -0.1) is 0 Å². The van der Waals surface area contributed by atoms with Crippen LogP contribution in [0, 0.1) is 6.92 Å². The lowest BCUT2D eigenvalue weighted by atomic mass is 10.2. The predicted octanol–water partition coefficient (Wildman–Crippen LogP) is 0.907. The van der Waals surface area contributed by atoms with Gasteiger partial charge in [-0.2, -0.15) is 5.10 Å². The standard InChI is InChI=1S/C16H25N7/c1-13-9-14(19-21(13)4)11-22-5-7-23(8-6-22)16-10-15(20(2)3)17-12-18-16/h9-10,12H,5-8,11H2,1-4H3. The first-order valence-electron chi connectivity index (χ1n) is 7.99. The zero-order valence-corrected chi connectivity index (χ0v) is 14.4. The van der Waals surface area contributed by atoms with Crippen molar-refractivity contribution in [1.82, 2.24) is 24.6 Å². The van der Waals surface area contributed by atoms with Gasteiger partial charge in [-0.05, 0) is 13.0 Å². The first-order chi connectivity index (χ1) is 11.0. The van der Waals surface area contributed by atoms with Crippen molar-refractivity contribution in [2.75, 3.05) is 50.1 Å². The maximum absolute atomic E-state index is 4.55. The molecule has 0 spiro atoms. The Hall–Kier alpha value is -2.15. The van der Waals surface area contributed by atoms with Crippen molar-refractivity contribution in [3.05, 3.63) is 29.8 Å². The van der Waals surface area contributed by atoms with E-state index in [4.69, 9.17) is 0 Å². The number of hydrogen-bond acceptors (Lipinski definition) is 6. The third-order valence-corrected chi connectivity index (χ3v) is 4.34. The zero-order chi connectivity index (χ0) is 16.4. The fraction of sp³-hybridized carbons (Fsp3) is 0.562. The van der Waals surface area contributed by atoms with Crippen LogP contribution in [0.2, 0.25) is 0 Å². The van der Waals surface area contributed by atoms with Gasteiger partial charge in [0.1, 0.15) is 18.0 Å². The molecule has 0 radical (unpaired) electrons. The molecule has 124 valence electrons. The quantitative estimate of drug-likeness (QED) is 0.836. The van der Waals surface area contributed by atoms with E-state index < -0.39 is 0 Å². The van der Waals surface area contributed by atoms with Crippen LogP contribution in [0.15, 0.2) is 18.5 Å². The van der Waals surface area contributed by atoms with Gasteiger partial charge < -0.3 is 9.80 Å². The number of aromatic nitrogens is 4. The topological polar surface area (TPSA) is 53.3 Å².